The summed E-state index contributed by atoms with van der Waals surface area (Å²) < 4.78 is 10.5. The van der Waals surface area contributed by atoms with Crippen molar-refractivity contribution in [1.82, 2.24) is 15.3 Å². The Balaban J connectivity index is 1.66. The number of carbonyl (C=O) groups is 2. The molecule has 0 saturated carbocycles. The number of rotatable bonds is 7. The maximum absolute atomic E-state index is 12.6. The summed E-state index contributed by atoms with van der Waals surface area (Å²) in [4.78, 5) is 33.6. The van der Waals surface area contributed by atoms with E-state index in [1.165, 1.54) is 18.0 Å². The Labute approximate surface area is 183 Å². The van der Waals surface area contributed by atoms with E-state index in [1.54, 1.807) is 43.5 Å². The Morgan fingerprint density at radius 2 is 2.07 bits per heavy atom. The molecule has 0 spiro atoms. The first-order valence-electron chi connectivity index (χ1n) is 9.07. The van der Waals surface area contributed by atoms with Gasteiger partial charge in [0.25, 0.3) is 5.91 Å². The third-order valence-corrected chi connectivity index (χ3v) is 5.17. The number of aromatic nitrogens is 2. The van der Waals surface area contributed by atoms with Crippen LogP contribution in [0.4, 0.5) is 0 Å². The van der Waals surface area contributed by atoms with E-state index in [1.807, 2.05) is 13.0 Å². The summed E-state index contributed by atoms with van der Waals surface area (Å²) in [6.07, 6.45) is 3.32. The highest BCUT2D eigenvalue weighted by molar-refractivity contribution is 7.98. The highest BCUT2D eigenvalue weighted by Crippen LogP contribution is 2.25. The van der Waals surface area contributed by atoms with Crippen LogP contribution >= 0.6 is 23.4 Å². The van der Waals surface area contributed by atoms with Crippen LogP contribution in [-0.2, 0) is 9.53 Å². The van der Waals surface area contributed by atoms with Crippen molar-refractivity contribution in [3.63, 3.8) is 0 Å². The summed E-state index contributed by atoms with van der Waals surface area (Å²) in [5.41, 5.74) is 1.52. The lowest BCUT2D eigenvalue weighted by Crippen LogP contribution is -2.31. The number of hydrogen-bond donors (Lipinski definition) is 1. The number of furan rings is 1. The van der Waals surface area contributed by atoms with Gasteiger partial charge in [-0.15, -0.1) is 11.8 Å². The van der Waals surface area contributed by atoms with E-state index in [4.69, 9.17) is 20.8 Å². The van der Waals surface area contributed by atoms with Gasteiger partial charge in [-0.25, -0.2) is 14.8 Å². The number of benzene rings is 1. The SMILES string of the molecule is CSc1nc(-c2ccco2)nc(C)c1C(=O)OCC(=O)NC(C)c1cccc(Cl)c1. The van der Waals surface area contributed by atoms with Crippen LogP contribution in [0.2, 0.25) is 5.02 Å². The normalized spacial score (nSPS) is 11.7. The minimum atomic E-state index is -0.659. The topological polar surface area (TPSA) is 94.3 Å². The molecule has 3 aromatic rings. The number of aryl methyl sites for hydroxylation is 1. The largest absolute Gasteiger partial charge is 0.461 e. The first kappa shape index (κ1) is 21.9. The number of amides is 1. The van der Waals surface area contributed by atoms with E-state index in [-0.39, 0.29) is 11.6 Å². The molecule has 0 aliphatic rings. The van der Waals surface area contributed by atoms with Crippen LogP contribution in [0.5, 0.6) is 0 Å². The van der Waals surface area contributed by atoms with Gasteiger partial charge in [-0.2, -0.15) is 0 Å². The van der Waals surface area contributed by atoms with Crippen LogP contribution < -0.4 is 5.32 Å². The van der Waals surface area contributed by atoms with Crippen molar-refractivity contribution >= 4 is 35.2 Å². The van der Waals surface area contributed by atoms with Crippen molar-refractivity contribution in [2.45, 2.75) is 24.9 Å². The molecule has 0 bridgehead atoms. The molecule has 1 aromatic carbocycles. The molecule has 1 amide bonds. The number of ether oxygens (including phenoxy) is 1. The van der Waals surface area contributed by atoms with E-state index in [9.17, 15) is 9.59 Å². The molecule has 0 aliphatic carbocycles. The van der Waals surface area contributed by atoms with E-state index in [0.29, 0.717) is 27.3 Å². The fourth-order valence-electron chi connectivity index (χ4n) is 2.79. The molecular weight excluding hydrogens is 426 g/mol. The van der Waals surface area contributed by atoms with E-state index in [0.717, 1.165) is 5.56 Å². The van der Waals surface area contributed by atoms with Crippen molar-refractivity contribution < 1.29 is 18.7 Å². The number of nitrogens with one attached hydrogen (secondary N) is 1. The number of halogens is 1. The molecular formula is C21H20ClN3O4S. The zero-order valence-electron chi connectivity index (χ0n) is 16.6. The molecule has 30 heavy (non-hydrogen) atoms. The second kappa shape index (κ2) is 9.77. The molecule has 0 aliphatic heterocycles. The molecule has 7 nitrogen and oxygen atoms in total. The van der Waals surface area contributed by atoms with Gasteiger partial charge >= 0.3 is 5.97 Å². The minimum absolute atomic E-state index is 0.230. The zero-order valence-corrected chi connectivity index (χ0v) is 18.2. The van der Waals surface area contributed by atoms with Crippen LogP contribution in [0.1, 0.15) is 34.6 Å². The number of esters is 1. The lowest BCUT2D eigenvalue weighted by atomic mass is 10.1. The minimum Gasteiger partial charge on any atom is -0.461 e. The predicted molar refractivity (Wildman–Crippen MR) is 115 cm³/mol. The van der Waals surface area contributed by atoms with Gasteiger partial charge in [0.15, 0.2) is 18.2 Å². The maximum atomic E-state index is 12.6. The molecule has 1 atom stereocenters. The first-order chi connectivity index (χ1) is 14.4. The lowest BCUT2D eigenvalue weighted by Gasteiger charge is -2.15. The molecule has 3 rings (SSSR count). The van der Waals surface area contributed by atoms with Gasteiger partial charge in [0.05, 0.1) is 18.0 Å². The first-order valence-corrected chi connectivity index (χ1v) is 10.7. The van der Waals surface area contributed by atoms with Crippen LogP contribution in [0.3, 0.4) is 0 Å². The number of nitrogens with zero attached hydrogens (tertiary/aromatic N) is 2. The quantitative estimate of drug-likeness (QED) is 0.326. The average Bonchev–Trinajstić information content (AvgIpc) is 3.26. The van der Waals surface area contributed by atoms with E-state index >= 15 is 0 Å². The molecule has 0 fully saturated rings. The van der Waals surface area contributed by atoms with Gasteiger partial charge in [-0.05, 0) is 49.9 Å². The van der Waals surface area contributed by atoms with Gasteiger partial charge in [-0.3, -0.25) is 4.79 Å². The summed E-state index contributed by atoms with van der Waals surface area (Å²) in [6, 6.07) is 10.4. The monoisotopic (exact) mass is 445 g/mol. The Kier molecular flexibility index (Phi) is 7.12. The number of hydrogen-bond acceptors (Lipinski definition) is 7. The number of thioether (sulfide) groups is 1. The van der Waals surface area contributed by atoms with Gasteiger partial charge in [-0.1, -0.05) is 23.7 Å². The highest BCUT2D eigenvalue weighted by Gasteiger charge is 2.22. The summed E-state index contributed by atoms with van der Waals surface area (Å²) in [5, 5.41) is 3.81. The average molecular weight is 446 g/mol. The summed E-state index contributed by atoms with van der Waals surface area (Å²) in [6.45, 7) is 3.09. The summed E-state index contributed by atoms with van der Waals surface area (Å²) >= 11 is 7.27. The summed E-state index contributed by atoms with van der Waals surface area (Å²) in [7, 11) is 0. The Bertz CT molecular complexity index is 1060. The zero-order chi connectivity index (χ0) is 21.7. The van der Waals surface area contributed by atoms with Crippen LogP contribution in [0.15, 0.2) is 52.1 Å². The van der Waals surface area contributed by atoms with Crippen molar-refractivity contribution in [3.8, 4) is 11.6 Å². The molecule has 0 saturated heterocycles. The second-order valence-electron chi connectivity index (χ2n) is 6.41. The second-order valence-corrected chi connectivity index (χ2v) is 7.65. The molecule has 9 heteroatoms. The van der Waals surface area contributed by atoms with Crippen molar-refractivity contribution in [2.24, 2.45) is 0 Å². The van der Waals surface area contributed by atoms with Gasteiger partial charge < -0.3 is 14.5 Å². The van der Waals surface area contributed by atoms with Crippen LogP contribution in [0.25, 0.3) is 11.6 Å². The molecule has 2 aromatic heterocycles. The Morgan fingerprint density at radius 1 is 1.27 bits per heavy atom. The third-order valence-electron chi connectivity index (χ3n) is 4.26. The van der Waals surface area contributed by atoms with Crippen LogP contribution in [0, 0.1) is 6.92 Å². The summed E-state index contributed by atoms with van der Waals surface area (Å²) in [5.74, 6) is -0.199. The fraction of sp³-hybridized carbons (Fsp3) is 0.238. The molecule has 1 N–H and O–H groups in total. The third kappa shape index (κ3) is 5.20. The van der Waals surface area contributed by atoms with Crippen molar-refractivity contribution in [1.29, 1.82) is 0 Å². The van der Waals surface area contributed by atoms with Gasteiger partial charge in [0.2, 0.25) is 0 Å². The lowest BCUT2D eigenvalue weighted by molar-refractivity contribution is -0.124. The molecule has 2 heterocycles. The maximum Gasteiger partial charge on any atom is 0.343 e. The molecule has 156 valence electrons. The van der Waals surface area contributed by atoms with Crippen molar-refractivity contribution in [3.05, 3.63) is 64.5 Å². The Hall–Kier alpha value is -2.84. The molecule has 0 radical (unpaired) electrons. The smallest absolute Gasteiger partial charge is 0.343 e. The van der Waals surface area contributed by atoms with Gasteiger partial charge in [0, 0.05) is 5.02 Å². The van der Waals surface area contributed by atoms with Crippen LogP contribution in [-0.4, -0.2) is 34.7 Å². The van der Waals surface area contributed by atoms with E-state index < -0.39 is 18.5 Å². The van der Waals surface area contributed by atoms with Crippen molar-refractivity contribution in [2.75, 3.05) is 12.9 Å². The predicted octanol–water partition coefficient (Wildman–Crippen LogP) is 4.45. The highest BCUT2D eigenvalue weighted by atomic mass is 35.5. The van der Waals surface area contributed by atoms with E-state index in [2.05, 4.69) is 15.3 Å². The fourth-order valence-corrected chi connectivity index (χ4v) is 3.60. The standard InChI is InChI=1S/C21H20ClN3O4S/c1-12(14-6-4-7-15(22)10-14)23-17(26)11-29-21(27)18-13(2)24-19(25-20(18)30-3)16-8-5-9-28-16/h4-10,12H,11H2,1-3H3,(H,23,26). The Morgan fingerprint density at radius 3 is 2.73 bits per heavy atom. The molecule has 1 unspecified atom stereocenters. The number of carbonyl (C=O) groups excluding carboxylic acids is 2. The van der Waals surface area contributed by atoms with Gasteiger partial charge in [0.1, 0.15) is 10.6 Å².